The van der Waals surface area contributed by atoms with Crippen LogP contribution in [0.3, 0.4) is 0 Å². The third-order valence-electron chi connectivity index (χ3n) is 5.42. The number of sulfonamides is 1. The number of nitrogens with zero attached hydrogens (tertiary/aromatic N) is 2. The highest BCUT2D eigenvalue weighted by molar-refractivity contribution is 7.89. The molecule has 7 nitrogen and oxygen atoms in total. The molecule has 1 N–H and O–H groups in total. The van der Waals surface area contributed by atoms with Gasteiger partial charge in [0.2, 0.25) is 15.9 Å². The summed E-state index contributed by atoms with van der Waals surface area (Å²) in [6.07, 6.45) is 3.02. The molecule has 0 saturated carbocycles. The Labute approximate surface area is 182 Å². The predicted octanol–water partition coefficient (Wildman–Crippen LogP) is 4.31. The van der Waals surface area contributed by atoms with Crippen LogP contribution in [0.5, 0.6) is 0 Å². The van der Waals surface area contributed by atoms with E-state index in [1.165, 1.54) is 0 Å². The molecule has 0 bridgehead atoms. The number of amides is 1. The number of nitrogens with one attached hydrogen (secondary N) is 1. The molecule has 31 heavy (non-hydrogen) atoms. The normalized spacial score (nSPS) is 15.5. The van der Waals surface area contributed by atoms with Gasteiger partial charge in [0, 0.05) is 24.7 Å². The number of carbonyl (C=O) groups excluding carboxylic acids is 1. The van der Waals surface area contributed by atoms with E-state index in [1.807, 2.05) is 13.8 Å². The van der Waals surface area contributed by atoms with E-state index in [9.17, 15) is 13.2 Å². The Morgan fingerprint density at radius 2 is 1.81 bits per heavy atom. The molecule has 1 aliphatic heterocycles. The molecule has 0 radical (unpaired) electrons. The fraction of sp³-hybridized carbons (Fsp3) is 0.391. The zero-order valence-corrected chi connectivity index (χ0v) is 18.6. The maximum absolute atomic E-state index is 12.7. The van der Waals surface area contributed by atoms with Crippen LogP contribution in [-0.2, 0) is 21.2 Å². The van der Waals surface area contributed by atoms with Crippen LogP contribution < -0.4 is 5.32 Å². The monoisotopic (exact) mass is 441 g/mol. The summed E-state index contributed by atoms with van der Waals surface area (Å²) in [5.41, 5.74) is 2.78. The molecule has 0 aliphatic carbocycles. The highest BCUT2D eigenvalue weighted by atomic mass is 32.2. The Morgan fingerprint density at radius 1 is 1.10 bits per heavy atom. The third kappa shape index (κ3) is 4.80. The Bertz CT molecular complexity index is 1180. The second kappa shape index (κ2) is 8.80. The number of carbonyl (C=O) groups is 1. The first-order valence-electron chi connectivity index (χ1n) is 10.6. The number of fused-ring (bicyclic) bond motifs is 1. The largest absolute Gasteiger partial charge is 0.440 e. The van der Waals surface area contributed by atoms with E-state index < -0.39 is 10.0 Å². The summed E-state index contributed by atoms with van der Waals surface area (Å²) in [5.74, 6) is 0.670. The highest BCUT2D eigenvalue weighted by Crippen LogP contribution is 2.24. The minimum absolute atomic E-state index is 0.151. The lowest BCUT2D eigenvalue weighted by molar-refractivity contribution is -0.115. The molecular weight excluding hydrogens is 414 g/mol. The third-order valence-corrected chi connectivity index (χ3v) is 7.34. The Morgan fingerprint density at radius 3 is 2.48 bits per heavy atom. The molecule has 8 heteroatoms. The summed E-state index contributed by atoms with van der Waals surface area (Å²) < 4.78 is 32.7. The quantitative estimate of drug-likeness (QED) is 0.615. The minimum Gasteiger partial charge on any atom is -0.440 e. The van der Waals surface area contributed by atoms with Crippen LogP contribution >= 0.6 is 0 Å². The summed E-state index contributed by atoms with van der Waals surface area (Å²) in [5, 5.41) is 2.87. The zero-order valence-electron chi connectivity index (χ0n) is 17.8. The molecular formula is C23H27N3O4S. The van der Waals surface area contributed by atoms with Gasteiger partial charge >= 0.3 is 0 Å². The average molecular weight is 442 g/mol. The molecule has 164 valence electrons. The van der Waals surface area contributed by atoms with Crippen molar-refractivity contribution in [1.29, 1.82) is 0 Å². The molecule has 2 heterocycles. The summed E-state index contributed by atoms with van der Waals surface area (Å²) >= 11 is 0. The van der Waals surface area contributed by atoms with Crippen molar-refractivity contribution in [2.75, 3.05) is 18.4 Å². The van der Waals surface area contributed by atoms with Crippen molar-refractivity contribution >= 4 is 32.7 Å². The van der Waals surface area contributed by atoms with Crippen molar-refractivity contribution in [2.45, 2.75) is 50.3 Å². The van der Waals surface area contributed by atoms with Gasteiger partial charge in [-0.3, -0.25) is 4.79 Å². The Kier molecular flexibility index (Phi) is 6.11. The summed E-state index contributed by atoms with van der Waals surface area (Å²) in [7, 11) is -3.46. The lowest BCUT2D eigenvalue weighted by atomic mass is 10.1. The first kappa shape index (κ1) is 21.5. The molecule has 1 aromatic heterocycles. The molecule has 1 fully saturated rings. The van der Waals surface area contributed by atoms with E-state index >= 15 is 0 Å². The number of rotatable bonds is 6. The second-order valence-electron chi connectivity index (χ2n) is 8.22. The van der Waals surface area contributed by atoms with Crippen LogP contribution in [0.1, 0.15) is 50.5 Å². The number of oxazole rings is 1. The van der Waals surface area contributed by atoms with E-state index in [2.05, 4.69) is 10.3 Å². The number of hydrogen-bond donors (Lipinski definition) is 1. The maximum Gasteiger partial charge on any atom is 0.243 e. The van der Waals surface area contributed by atoms with Gasteiger partial charge in [0.15, 0.2) is 11.5 Å². The SMILES string of the molecule is CC(C)c1nc2cc(NC(=O)Cc3ccc(S(=O)(=O)N4CCCCC4)cc3)ccc2o1. The van der Waals surface area contributed by atoms with Gasteiger partial charge in [0.25, 0.3) is 0 Å². The average Bonchev–Trinajstić information content (AvgIpc) is 3.18. The number of anilines is 1. The molecule has 1 aliphatic rings. The molecule has 1 saturated heterocycles. The van der Waals surface area contributed by atoms with Crippen molar-refractivity contribution < 1.29 is 17.6 Å². The van der Waals surface area contributed by atoms with Crippen molar-refractivity contribution in [1.82, 2.24) is 9.29 Å². The van der Waals surface area contributed by atoms with Crippen molar-refractivity contribution in [3.8, 4) is 0 Å². The van der Waals surface area contributed by atoms with Crippen LogP contribution in [0.25, 0.3) is 11.1 Å². The molecule has 0 spiro atoms. The van der Waals surface area contributed by atoms with Crippen LogP contribution in [-0.4, -0.2) is 36.7 Å². The van der Waals surface area contributed by atoms with Gasteiger partial charge in [-0.15, -0.1) is 0 Å². The smallest absolute Gasteiger partial charge is 0.243 e. The topological polar surface area (TPSA) is 92.5 Å². The predicted molar refractivity (Wildman–Crippen MR) is 119 cm³/mol. The second-order valence-corrected chi connectivity index (χ2v) is 10.2. The molecule has 1 amide bonds. The lowest BCUT2D eigenvalue weighted by Gasteiger charge is -2.25. The van der Waals surface area contributed by atoms with Crippen molar-refractivity contribution in [3.05, 3.63) is 53.9 Å². The molecule has 4 rings (SSSR count). The summed E-state index contributed by atoms with van der Waals surface area (Å²) in [4.78, 5) is 17.2. The Balaban J connectivity index is 1.41. The van der Waals surface area contributed by atoms with Gasteiger partial charge in [-0.2, -0.15) is 4.31 Å². The van der Waals surface area contributed by atoms with E-state index in [4.69, 9.17) is 4.42 Å². The van der Waals surface area contributed by atoms with Gasteiger partial charge in [-0.05, 0) is 48.7 Å². The van der Waals surface area contributed by atoms with E-state index in [0.29, 0.717) is 35.8 Å². The van der Waals surface area contributed by atoms with E-state index in [0.717, 1.165) is 24.8 Å². The van der Waals surface area contributed by atoms with Crippen molar-refractivity contribution in [2.24, 2.45) is 0 Å². The van der Waals surface area contributed by atoms with Crippen LogP contribution in [0.4, 0.5) is 5.69 Å². The van der Waals surface area contributed by atoms with Crippen LogP contribution in [0.2, 0.25) is 0 Å². The van der Waals surface area contributed by atoms with Gasteiger partial charge in [-0.25, -0.2) is 13.4 Å². The number of piperidine rings is 1. The highest BCUT2D eigenvalue weighted by Gasteiger charge is 2.25. The van der Waals surface area contributed by atoms with Crippen molar-refractivity contribution in [3.63, 3.8) is 0 Å². The lowest BCUT2D eigenvalue weighted by Crippen LogP contribution is -2.35. The molecule has 2 aromatic carbocycles. The molecule has 0 unspecified atom stereocenters. The molecule has 3 aromatic rings. The summed E-state index contributed by atoms with van der Waals surface area (Å²) in [6.45, 7) is 5.16. The van der Waals surface area contributed by atoms with E-state index in [1.54, 1.807) is 46.8 Å². The van der Waals surface area contributed by atoms with E-state index in [-0.39, 0.29) is 23.1 Å². The zero-order chi connectivity index (χ0) is 22.0. The first-order chi connectivity index (χ1) is 14.8. The number of benzene rings is 2. The van der Waals surface area contributed by atoms with Gasteiger partial charge < -0.3 is 9.73 Å². The standard InChI is InChI=1S/C23H27N3O4S/c1-16(2)23-25-20-15-18(8-11-21(20)30-23)24-22(27)14-17-6-9-19(10-7-17)31(28,29)26-12-4-3-5-13-26/h6-11,15-16H,3-5,12-14H2,1-2H3,(H,24,27). The maximum atomic E-state index is 12.7. The van der Waals surface area contributed by atoms with Gasteiger partial charge in [-0.1, -0.05) is 32.4 Å². The van der Waals surface area contributed by atoms with Crippen LogP contribution in [0.15, 0.2) is 51.8 Å². The van der Waals surface area contributed by atoms with Gasteiger partial charge in [0.1, 0.15) is 5.52 Å². The fourth-order valence-electron chi connectivity index (χ4n) is 3.69. The molecule has 0 atom stereocenters. The summed E-state index contributed by atoms with van der Waals surface area (Å²) in [6, 6.07) is 11.9. The van der Waals surface area contributed by atoms with Gasteiger partial charge in [0.05, 0.1) is 11.3 Å². The van der Waals surface area contributed by atoms with Crippen LogP contribution in [0, 0.1) is 0 Å². The Hall–Kier alpha value is -2.71. The minimum atomic E-state index is -3.46. The fourth-order valence-corrected chi connectivity index (χ4v) is 5.21. The first-order valence-corrected chi connectivity index (χ1v) is 12.1. The number of aromatic nitrogens is 1. The number of hydrogen-bond acceptors (Lipinski definition) is 5.